The molecule has 0 aliphatic carbocycles. The van der Waals surface area contributed by atoms with Gasteiger partial charge in [0, 0.05) is 20.1 Å². The fraction of sp³-hybridized carbons (Fsp3) is 0.500. The summed E-state index contributed by atoms with van der Waals surface area (Å²) in [6.45, 7) is 0.0771. The molecule has 1 fully saturated rings. The molecule has 0 radical (unpaired) electrons. The molecule has 2 atom stereocenters. The van der Waals surface area contributed by atoms with E-state index in [-0.39, 0.29) is 23.3 Å². The molecule has 1 aliphatic rings. The van der Waals surface area contributed by atoms with Gasteiger partial charge in [-0.1, -0.05) is 6.07 Å². The highest BCUT2D eigenvalue weighted by Crippen LogP contribution is 2.29. The number of aliphatic carboxylic acids is 1. The van der Waals surface area contributed by atoms with Crippen LogP contribution in [0.5, 0.6) is 0 Å². The van der Waals surface area contributed by atoms with Crippen LogP contribution < -0.4 is 0 Å². The normalized spacial score (nSPS) is 25.4. The number of nitrogens with zero attached hydrogens (tertiary/aromatic N) is 1. The second-order valence-corrected chi connectivity index (χ2v) is 7.02. The van der Waals surface area contributed by atoms with Crippen LogP contribution >= 0.6 is 11.3 Å². The number of carbonyl (C=O) groups is 1. The van der Waals surface area contributed by atoms with Gasteiger partial charge in [0.2, 0.25) is 0 Å². The Hall–Kier alpha value is -0.960. The maximum atomic E-state index is 12.3. The number of ether oxygens (including phenoxy) is 1. The van der Waals surface area contributed by atoms with Gasteiger partial charge >= 0.3 is 5.97 Å². The van der Waals surface area contributed by atoms with E-state index in [9.17, 15) is 13.2 Å². The van der Waals surface area contributed by atoms with E-state index in [0.717, 1.165) is 15.6 Å². The number of hydrogen-bond donors (Lipinski definition) is 1. The zero-order chi connectivity index (χ0) is 13.3. The molecule has 100 valence electrons. The first-order valence-corrected chi connectivity index (χ1v) is 7.59. The van der Waals surface area contributed by atoms with Gasteiger partial charge in [-0.2, -0.15) is 4.31 Å². The Labute approximate surface area is 109 Å². The largest absolute Gasteiger partial charge is 0.480 e. The summed E-state index contributed by atoms with van der Waals surface area (Å²) in [5.41, 5.74) is 0. The topological polar surface area (TPSA) is 83.9 Å². The predicted molar refractivity (Wildman–Crippen MR) is 65.0 cm³/mol. The number of hydrogen-bond acceptors (Lipinski definition) is 5. The third-order valence-corrected chi connectivity index (χ3v) is 6.14. The SMILES string of the molecule is COC1CC(C(=O)O)N(S(=O)(=O)c2cccs2)C1. The third kappa shape index (κ3) is 2.28. The summed E-state index contributed by atoms with van der Waals surface area (Å²) in [7, 11) is -2.29. The van der Waals surface area contributed by atoms with Crippen LogP contribution in [0.1, 0.15) is 6.42 Å². The molecule has 0 aromatic carbocycles. The molecule has 2 rings (SSSR count). The summed E-state index contributed by atoms with van der Waals surface area (Å²) in [5, 5.41) is 10.7. The second-order valence-electron chi connectivity index (χ2n) is 3.95. The molecule has 2 heterocycles. The minimum atomic E-state index is -3.74. The molecule has 1 saturated heterocycles. The molecule has 1 N–H and O–H groups in total. The minimum Gasteiger partial charge on any atom is -0.480 e. The lowest BCUT2D eigenvalue weighted by molar-refractivity contribution is -0.140. The van der Waals surface area contributed by atoms with Crippen LogP contribution in [0.25, 0.3) is 0 Å². The summed E-state index contributed by atoms with van der Waals surface area (Å²) in [5.74, 6) is -1.14. The van der Waals surface area contributed by atoms with Crippen molar-refractivity contribution in [2.45, 2.75) is 22.8 Å². The number of thiophene rings is 1. The van der Waals surface area contributed by atoms with E-state index in [2.05, 4.69) is 0 Å². The van der Waals surface area contributed by atoms with Crippen molar-refractivity contribution in [2.24, 2.45) is 0 Å². The average Bonchev–Trinajstić information content (AvgIpc) is 2.98. The van der Waals surface area contributed by atoms with E-state index in [4.69, 9.17) is 9.84 Å². The molecule has 1 aromatic rings. The second kappa shape index (κ2) is 4.96. The van der Waals surface area contributed by atoms with Gasteiger partial charge in [-0.25, -0.2) is 8.42 Å². The fourth-order valence-corrected chi connectivity index (χ4v) is 4.70. The highest BCUT2D eigenvalue weighted by Gasteiger charge is 2.44. The molecule has 18 heavy (non-hydrogen) atoms. The minimum absolute atomic E-state index is 0.0771. The fourth-order valence-electron chi connectivity index (χ4n) is 1.96. The number of sulfonamides is 1. The molecular formula is C10H13NO5S2. The zero-order valence-corrected chi connectivity index (χ0v) is 11.3. The molecule has 0 amide bonds. The Bertz CT molecular complexity index is 524. The molecule has 2 unspecified atom stereocenters. The van der Waals surface area contributed by atoms with E-state index in [1.165, 1.54) is 13.2 Å². The van der Waals surface area contributed by atoms with Gasteiger partial charge in [-0.3, -0.25) is 4.79 Å². The molecule has 6 nitrogen and oxygen atoms in total. The van der Waals surface area contributed by atoms with Crippen molar-refractivity contribution >= 4 is 27.3 Å². The first-order chi connectivity index (χ1) is 8.46. The van der Waals surface area contributed by atoms with Crippen LogP contribution in [0.3, 0.4) is 0 Å². The first kappa shape index (κ1) is 13.5. The van der Waals surface area contributed by atoms with Crippen molar-refractivity contribution in [2.75, 3.05) is 13.7 Å². The van der Waals surface area contributed by atoms with Crippen molar-refractivity contribution in [3.8, 4) is 0 Å². The zero-order valence-electron chi connectivity index (χ0n) is 9.64. The Morgan fingerprint density at radius 1 is 1.61 bits per heavy atom. The molecular weight excluding hydrogens is 278 g/mol. The van der Waals surface area contributed by atoms with Crippen LogP contribution in [0, 0.1) is 0 Å². The average molecular weight is 291 g/mol. The van der Waals surface area contributed by atoms with Gasteiger partial charge < -0.3 is 9.84 Å². The van der Waals surface area contributed by atoms with E-state index in [1.807, 2.05) is 0 Å². The summed E-state index contributed by atoms with van der Waals surface area (Å²) < 4.78 is 30.8. The summed E-state index contributed by atoms with van der Waals surface area (Å²) >= 11 is 1.08. The van der Waals surface area contributed by atoms with Crippen molar-refractivity contribution in [1.29, 1.82) is 0 Å². The van der Waals surface area contributed by atoms with Crippen molar-refractivity contribution in [1.82, 2.24) is 4.31 Å². The number of methoxy groups -OCH3 is 1. The lowest BCUT2D eigenvalue weighted by Crippen LogP contribution is -2.40. The van der Waals surface area contributed by atoms with E-state index in [0.29, 0.717) is 0 Å². The van der Waals surface area contributed by atoms with Gasteiger partial charge in [-0.05, 0) is 11.4 Å². The first-order valence-electron chi connectivity index (χ1n) is 5.27. The van der Waals surface area contributed by atoms with Crippen LogP contribution in [-0.4, -0.2) is 49.6 Å². The lowest BCUT2D eigenvalue weighted by atomic mass is 10.2. The Morgan fingerprint density at radius 2 is 2.33 bits per heavy atom. The number of rotatable bonds is 4. The van der Waals surface area contributed by atoms with Crippen LogP contribution in [-0.2, 0) is 19.6 Å². The van der Waals surface area contributed by atoms with Gasteiger partial charge in [-0.15, -0.1) is 11.3 Å². The monoisotopic (exact) mass is 291 g/mol. The number of carboxylic acid groups (broad SMARTS) is 1. The Balaban J connectivity index is 2.34. The molecule has 8 heteroatoms. The van der Waals surface area contributed by atoms with Crippen LogP contribution in [0.2, 0.25) is 0 Å². The third-order valence-electron chi connectivity index (χ3n) is 2.89. The van der Waals surface area contributed by atoms with Crippen molar-refractivity contribution < 1.29 is 23.1 Å². The van der Waals surface area contributed by atoms with E-state index < -0.39 is 22.0 Å². The molecule has 1 aromatic heterocycles. The lowest BCUT2D eigenvalue weighted by Gasteiger charge is -2.19. The van der Waals surface area contributed by atoms with Gasteiger partial charge in [0.1, 0.15) is 10.3 Å². The quantitative estimate of drug-likeness (QED) is 0.878. The Kier molecular flexibility index (Phi) is 3.71. The van der Waals surface area contributed by atoms with Crippen molar-refractivity contribution in [3.63, 3.8) is 0 Å². The van der Waals surface area contributed by atoms with Crippen LogP contribution in [0.15, 0.2) is 21.7 Å². The standard InChI is InChI=1S/C10H13NO5S2/c1-16-7-5-8(10(12)13)11(6-7)18(14,15)9-3-2-4-17-9/h2-4,7-8H,5-6H2,1H3,(H,12,13). The predicted octanol–water partition coefficient (Wildman–Crippen LogP) is 0.611. The van der Waals surface area contributed by atoms with E-state index in [1.54, 1.807) is 11.4 Å². The molecule has 0 bridgehead atoms. The number of carboxylic acids is 1. The highest BCUT2D eigenvalue weighted by molar-refractivity contribution is 7.91. The van der Waals surface area contributed by atoms with Gasteiger partial charge in [0.25, 0.3) is 10.0 Å². The highest BCUT2D eigenvalue weighted by atomic mass is 32.2. The molecule has 0 spiro atoms. The maximum Gasteiger partial charge on any atom is 0.322 e. The van der Waals surface area contributed by atoms with Crippen molar-refractivity contribution in [3.05, 3.63) is 17.5 Å². The smallest absolute Gasteiger partial charge is 0.322 e. The molecule has 0 saturated carbocycles. The van der Waals surface area contributed by atoms with Gasteiger partial charge in [0.15, 0.2) is 0 Å². The Morgan fingerprint density at radius 3 is 2.83 bits per heavy atom. The molecule has 1 aliphatic heterocycles. The van der Waals surface area contributed by atoms with E-state index >= 15 is 0 Å². The summed E-state index contributed by atoms with van der Waals surface area (Å²) in [4.78, 5) is 11.1. The van der Waals surface area contributed by atoms with Gasteiger partial charge in [0.05, 0.1) is 6.10 Å². The van der Waals surface area contributed by atoms with Crippen LogP contribution in [0.4, 0.5) is 0 Å². The maximum absolute atomic E-state index is 12.3. The summed E-state index contributed by atoms with van der Waals surface area (Å²) in [6.07, 6.45) is -0.197. The summed E-state index contributed by atoms with van der Waals surface area (Å²) in [6, 6.07) is 2.04.